The molecule has 1 fully saturated rings. The number of amides is 1. The largest absolute Gasteiger partial charge is 0.332 e. The van der Waals surface area contributed by atoms with Gasteiger partial charge in [-0.3, -0.25) is 14.0 Å². The number of carbonyl (C=O) groups is 2. The number of aryl methyl sites for hydroxylation is 2. The summed E-state index contributed by atoms with van der Waals surface area (Å²) in [7, 11) is 0. The number of hydrogen-bond acceptors (Lipinski definition) is 4. The van der Waals surface area contributed by atoms with Crippen LogP contribution in [0.5, 0.6) is 0 Å². The molecule has 1 unspecified atom stereocenters. The molecule has 2 aromatic heterocycles. The zero-order chi connectivity index (χ0) is 19.7. The van der Waals surface area contributed by atoms with Gasteiger partial charge in [0.05, 0.1) is 6.04 Å². The summed E-state index contributed by atoms with van der Waals surface area (Å²) in [6.07, 6.45) is 4.18. The molecular formula is C22H24N4O2. The van der Waals surface area contributed by atoms with E-state index in [0.29, 0.717) is 12.1 Å². The van der Waals surface area contributed by atoms with E-state index >= 15 is 0 Å². The molecule has 0 spiro atoms. The Bertz CT molecular complexity index is 1040. The number of likely N-dealkylation sites (tertiary alicyclic amines) is 1. The molecule has 3 heterocycles. The summed E-state index contributed by atoms with van der Waals surface area (Å²) in [5.74, 6) is 0.814. The van der Waals surface area contributed by atoms with Gasteiger partial charge >= 0.3 is 0 Å². The van der Waals surface area contributed by atoms with Crippen LogP contribution in [0.1, 0.15) is 59.0 Å². The highest BCUT2D eigenvalue weighted by Gasteiger charge is 2.33. The minimum Gasteiger partial charge on any atom is -0.332 e. The van der Waals surface area contributed by atoms with E-state index in [1.54, 1.807) is 0 Å². The molecule has 4 rings (SSSR count). The van der Waals surface area contributed by atoms with Gasteiger partial charge in [-0.1, -0.05) is 18.2 Å². The summed E-state index contributed by atoms with van der Waals surface area (Å²) in [5, 5.41) is 8.53. The summed E-state index contributed by atoms with van der Waals surface area (Å²) in [6.45, 7) is 4.72. The van der Waals surface area contributed by atoms with Crippen molar-refractivity contribution >= 4 is 17.3 Å². The molecule has 0 N–H and O–H groups in total. The average Bonchev–Trinajstić information content (AvgIpc) is 3.34. The third-order valence-electron chi connectivity index (χ3n) is 5.61. The zero-order valence-corrected chi connectivity index (χ0v) is 16.3. The lowest BCUT2D eigenvalue weighted by Gasteiger charge is -2.23. The van der Waals surface area contributed by atoms with Crippen molar-refractivity contribution < 1.29 is 9.59 Å². The number of fused-ring (bicyclic) bond motifs is 1. The number of rotatable bonds is 5. The van der Waals surface area contributed by atoms with E-state index in [1.165, 1.54) is 0 Å². The number of pyridine rings is 1. The Labute approximate surface area is 164 Å². The van der Waals surface area contributed by atoms with E-state index in [4.69, 9.17) is 0 Å². The van der Waals surface area contributed by atoms with Crippen LogP contribution in [0.15, 0.2) is 42.6 Å². The SMILES string of the molecule is Cc1ccc(C(=O)CCC(=O)N2CCCC2c2nnc3ccccn23)cc1C. The quantitative estimate of drug-likeness (QED) is 0.637. The molecule has 144 valence electrons. The molecule has 28 heavy (non-hydrogen) atoms. The highest BCUT2D eigenvalue weighted by Crippen LogP contribution is 2.31. The van der Waals surface area contributed by atoms with Gasteiger partial charge in [-0.25, -0.2) is 0 Å². The van der Waals surface area contributed by atoms with E-state index < -0.39 is 0 Å². The fraction of sp³-hybridized carbons (Fsp3) is 0.364. The minimum atomic E-state index is -0.0818. The fourth-order valence-corrected chi connectivity index (χ4v) is 3.84. The number of aromatic nitrogens is 3. The van der Waals surface area contributed by atoms with Gasteiger partial charge < -0.3 is 4.90 Å². The standard InChI is InChI=1S/C22H24N4O2/c1-15-8-9-17(14-16(15)2)19(27)10-11-21(28)25-13-5-6-18(25)22-24-23-20-7-3-4-12-26(20)22/h3-4,7-9,12,14,18H,5-6,10-11,13H2,1-2H3. The van der Waals surface area contributed by atoms with Gasteiger partial charge in [0, 0.05) is 31.1 Å². The lowest BCUT2D eigenvalue weighted by atomic mass is 10.0. The molecular weight excluding hydrogens is 352 g/mol. The maximum Gasteiger partial charge on any atom is 0.223 e. The van der Waals surface area contributed by atoms with Crippen LogP contribution < -0.4 is 0 Å². The van der Waals surface area contributed by atoms with E-state index in [0.717, 1.165) is 35.4 Å². The van der Waals surface area contributed by atoms with Crippen LogP contribution in [0.3, 0.4) is 0 Å². The minimum absolute atomic E-state index is 0.00682. The van der Waals surface area contributed by atoms with Crippen LogP contribution in [-0.2, 0) is 4.79 Å². The van der Waals surface area contributed by atoms with Crippen LogP contribution in [0.2, 0.25) is 0 Å². The number of ketones is 1. The molecule has 1 saturated heterocycles. The first-order chi connectivity index (χ1) is 13.5. The van der Waals surface area contributed by atoms with Crippen molar-refractivity contribution in [1.29, 1.82) is 0 Å². The Morgan fingerprint density at radius 1 is 1.07 bits per heavy atom. The fourth-order valence-electron chi connectivity index (χ4n) is 3.84. The Kier molecular flexibility index (Phi) is 4.94. The van der Waals surface area contributed by atoms with Crippen LogP contribution in [0.4, 0.5) is 0 Å². The molecule has 0 aliphatic carbocycles. The molecule has 1 aromatic carbocycles. The zero-order valence-electron chi connectivity index (χ0n) is 16.3. The summed E-state index contributed by atoms with van der Waals surface area (Å²) >= 11 is 0. The maximum absolute atomic E-state index is 12.9. The number of carbonyl (C=O) groups excluding carboxylic acids is 2. The van der Waals surface area contributed by atoms with Crippen molar-refractivity contribution in [2.45, 2.75) is 45.6 Å². The first-order valence-electron chi connectivity index (χ1n) is 9.74. The van der Waals surface area contributed by atoms with Crippen molar-refractivity contribution in [3.05, 3.63) is 65.1 Å². The first kappa shape index (κ1) is 18.3. The van der Waals surface area contributed by atoms with Gasteiger partial charge in [-0.05, 0) is 56.0 Å². The molecule has 6 nitrogen and oxygen atoms in total. The maximum atomic E-state index is 12.9. The first-order valence-corrected chi connectivity index (χ1v) is 9.74. The van der Waals surface area contributed by atoms with E-state index in [2.05, 4.69) is 10.2 Å². The summed E-state index contributed by atoms with van der Waals surface area (Å²) in [4.78, 5) is 27.2. The van der Waals surface area contributed by atoms with Gasteiger partial charge in [0.25, 0.3) is 0 Å². The molecule has 0 radical (unpaired) electrons. The van der Waals surface area contributed by atoms with Crippen LogP contribution in [0.25, 0.3) is 5.65 Å². The highest BCUT2D eigenvalue weighted by molar-refractivity contribution is 5.98. The van der Waals surface area contributed by atoms with Crippen molar-refractivity contribution in [2.75, 3.05) is 6.54 Å². The Morgan fingerprint density at radius 2 is 1.93 bits per heavy atom. The Morgan fingerprint density at radius 3 is 2.75 bits per heavy atom. The van der Waals surface area contributed by atoms with Gasteiger partial charge in [0.15, 0.2) is 17.3 Å². The highest BCUT2D eigenvalue weighted by atomic mass is 16.2. The summed E-state index contributed by atoms with van der Waals surface area (Å²) in [6, 6.07) is 11.4. The second kappa shape index (κ2) is 7.54. The summed E-state index contributed by atoms with van der Waals surface area (Å²) < 4.78 is 1.94. The smallest absolute Gasteiger partial charge is 0.223 e. The Hall–Kier alpha value is -3.02. The molecule has 1 amide bonds. The van der Waals surface area contributed by atoms with E-state index in [9.17, 15) is 9.59 Å². The van der Waals surface area contributed by atoms with Crippen LogP contribution in [0, 0.1) is 13.8 Å². The van der Waals surface area contributed by atoms with E-state index in [1.807, 2.05) is 65.7 Å². The predicted molar refractivity (Wildman–Crippen MR) is 106 cm³/mol. The second-order valence-electron chi connectivity index (χ2n) is 7.45. The molecule has 0 saturated carbocycles. The monoisotopic (exact) mass is 376 g/mol. The van der Waals surface area contributed by atoms with E-state index in [-0.39, 0.29) is 30.6 Å². The number of hydrogen-bond donors (Lipinski definition) is 0. The third-order valence-corrected chi connectivity index (χ3v) is 5.61. The van der Waals surface area contributed by atoms with Crippen LogP contribution >= 0.6 is 0 Å². The lowest BCUT2D eigenvalue weighted by Crippen LogP contribution is -2.31. The van der Waals surface area contributed by atoms with Crippen LogP contribution in [-0.4, -0.2) is 37.7 Å². The molecule has 1 aliphatic heterocycles. The van der Waals surface area contributed by atoms with Gasteiger partial charge in [0.2, 0.25) is 5.91 Å². The average molecular weight is 376 g/mol. The number of nitrogens with zero attached hydrogens (tertiary/aromatic N) is 4. The van der Waals surface area contributed by atoms with Gasteiger partial charge in [0.1, 0.15) is 0 Å². The van der Waals surface area contributed by atoms with Crippen molar-refractivity contribution in [3.8, 4) is 0 Å². The van der Waals surface area contributed by atoms with Crippen molar-refractivity contribution in [3.63, 3.8) is 0 Å². The van der Waals surface area contributed by atoms with Crippen molar-refractivity contribution in [1.82, 2.24) is 19.5 Å². The lowest BCUT2D eigenvalue weighted by molar-refractivity contribution is -0.132. The second-order valence-corrected chi connectivity index (χ2v) is 7.45. The van der Waals surface area contributed by atoms with Gasteiger partial charge in [-0.2, -0.15) is 0 Å². The molecule has 1 atom stereocenters. The molecule has 0 bridgehead atoms. The predicted octanol–water partition coefficient (Wildman–Crippen LogP) is 3.67. The summed E-state index contributed by atoms with van der Waals surface area (Å²) in [5.41, 5.74) is 3.71. The Balaban J connectivity index is 1.45. The number of benzene rings is 1. The third kappa shape index (κ3) is 3.42. The molecule has 6 heteroatoms. The number of Topliss-reactive ketones (excluding diaryl/α,β-unsaturated/α-hetero) is 1. The normalized spacial score (nSPS) is 16.6. The van der Waals surface area contributed by atoms with Gasteiger partial charge in [-0.15, -0.1) is 10.2 Å². The van der Waals surface area contributed by atoms with Crippen molar-refractivity contribution in [2.24, 2.45) is 0 Å². The topological polar surface area (TPSA) is 67.6 Å². The molecule has 1 aliphatic rings. The molecule has 3 aromatic rings.